The smallest absolute Gasteiger partial charge is 0.240 e. The lowest BCUT2D eigenvalue weighted by molar-refractivity contribution is 0.260. The first-order valence-electron chi connectivity index (χ1n) is 6.30. The molecule has 0 saturated carbocycles. The fourth-order valence-corrected chi connectivity index (χ4v) is 1.88. The highest BCUT2D eigenvalue weighted by molar-refractivity contribution is 6.30. The molecule has 1 aromatic carbocycles. The van der Waals surface area contributed by atoms with Crippen molar-refractivity contribution in [2.75, 3.05) is 7.05 Å². The molecule has 19 heavy (non-hydrogen) atoms. The van der Waals surface area contributed by atoms with E-state index in [9.17, 15) is 0 Å². The second-order valence-corrected chi connectivity index (χ2v) is 5.44. The van der Waals surface area contributed by atoms with Gasteiger partial charge in [0.1, 0.15) is 0 Å². The molecule has 2 aromatic rings. The number of hydrogen-bond acceptors (Lipinski definition) is 4. The third-order valence-corrected chi connectivity index (χ3v) is 3.02. The van der Waals surface area contributed by atoms with Crippen LogP contribution in [0, 0.1) is 0 Å². The Morgan fingerprint density at radius 1 is 1.21 bits per heavy atom. The van der Waals surface area contributed by atoms with Crippen molar-refractivity contribution in [2.24, 2.45) is 0 Å². The van der Waals surface area contributed by atoms with E-state index in [1.54, 1.807) is 0 Å². The van der Waals surface area contributed by atoms with Crippen molar-refractivity contribution in [3.63, 3.8) is 0 Å². The van der Waals surface area contributed by atoms with Crippen LogP contribution in [0.25, 0.3) is 0 Å². The molecule has 0 amide bonds. The third-order valence-electron chi connectivity index (χ3n) is 2.77. The summed E-state index contributed by atoms with van der Waals surface area (Å²) in [4.78, 5) is 6.49. The highest BCUT2D eigenvalue weighted by atomic mass is 35.5. The van der Waals surface area contributed by atoms with Gasteiger partial charge >= 0.3 is 0 Å². The Kier molecular flexibility index (Phi) is 4.56. The molecule has 0 saturated heterocycles. The standard InChI is InChI=1S/C14H18ClN3O/c1-10(2)14-16-13(19-17-14)9-18(3)8-11-4-6-12(15)7-5-11/h4-7,10H,8-9H2,1-3H3. The summed E-state index contributed by atoms with van der Waals surface area (Å²) in [6.07, 6.45) is 0. The number of halogens is 1. The lowest BCUT2D eigenvalue weighted by atomic mass is 10.2. The minimum Gasteiger partial charge on any atom is -0.338 e. The average Bonchev–Trinajstić information content (AvgIpc) is 2.80. The van der Waals surface area contributed by atoms with Crippen molar-refractivity contribution in [3.8, 4) is 0 Å². The summed E-state index contributed by atoms with van der Waals surface area (Å²) in [5.41, 5.74) is 1.20. The molecule has 2 rings (SSSR count). The van der Waals surface area contributed by atoms with Crippen molar-refractivity contribution in [2.45, 2.75) is 32.9 Å². The van der Waals surface area contributed by atoms with Crippen LogP contribution in [0.5, 0.6) is 0 Å². The van der Waals surface area contributed by atoms with E-state index in [0.717, 1.165) is 17.4 Å². The van der Waals surface area contributed by atoms with Gasteiger partial charge in [0, 0.05) is 17.5 Å². The highest BCUT2D eigenvalue weighted by Gasteiger charge is 2.11. The normalized spacial score (nSPS) is 11.5. The van der Waals surface area contributed by atoms with Crippen LogP contribution in [0.1, 0.15) is 37.0 Å². The van der Waals surface area contributed by atoms with E-state index >= 15 is 0 Å². The molecule has 0 aliphatic heterocycles. The van der Waals surface area contributed by atoms with Gasteiger partial charge in [-0.3, -0.25) is 4.90 Å². The highest BCUT2D eigenvalue weighted by Crippen LogP contribution is 2.13. The molecule has 1 aromatic heterocycles. The predicted molar refractivity (Wildman–Crippen MR) is 75.0 cm³/mol. The number of aromatic nitrogens is 2. The Morgan fingerprint density at radius 2 is 1.89 bits per heavy atom. The summed E-state index contributed by atoms with van der Waals surface area (Å²) < 4.78 is 5.23. The third kappa shape index (κ3) is 4.04. The van der Waals surface area contributed by atoms with Crippen molar-refractivity contribution in [1.29, 1.82) is 0 Å². The van der Waals surface area contributed by atoms with Crippen molar-refractivity contribution in [3.05, 3.63) is 46.6 Å². The molecule has 0 radical (unpaired) electrons. The molecular formula is C14H18ClN3O. The summed E-state index contributed by atoms with van der Waals surface area (Å²) >= 11 is 5.86. The van der Waals surface area contributed by atoms with Crippen LogP contribution >= 0.6 is 11.6 Å². The Morgan fingerprint density at radius 3 is 2.47 bits per heavy atom. The molecule has 0 atom stereocenters. The van der Waals surface area contributed by atoms with Crippen LogP contribution in [-0.2, 0) is 13.1 Å². The molecule has 0 bridgehead atoms. The van der Waals surface area contributed by atoms with E-state index in [2.05, 4.69) is 15.0 Å². The van der Waals surface area contributed by atoms with Gasteiger partial charge in [0.25, 0.3) is 0 Å². The first-order chi connectivity index (χ1) is 9.04. The van der Waals surface area contributed by atoms with Gasteiger partial charge in [0.15, 0.2) is 5.82 Å². The van der Waals surface area contributed by atoms with Gasteiger partial charge in [-0.15, -0.1) is 0 Å². The quantitative estimate of drug-likeness (QED) is 0.840. The minimum absolute atomic E-state index is 0.291. The molecule has 1 heterocycles. The molecular weight excluding hydrogens is 262 g/mol. The Hall–Kier alpha value is -1.39. The van der Waals surface area contributed by atoms with Gasteiger partial charge in [-0.05, 0) is 24.7 Å². The first kappa shape index (κ1) is 14.0. The molecule has 5 heteroatoms. The molecule has 0 fully saturated rings. The van der Waals surface area contributed by atoms with Crippen LogP contribution in [0.15, 0.2) is 28.8 Å². The molecule has 102 valence electrons. The number of benzene rings is 1. The predicted octanol–water partition coefficient (Wildman–Crippen LogP) is 3.48. The fourth-order valence-electron chi connectivity index (χ4n) is 1.76. The van der Waals surface area contributed by atoms with Crippen molar-refractivity contribution >= 4 is 11.6 Å². The number of nitrogens with zero attached hydrogens (tertiary/aromatic N) is 3. The van der Waals surface area contributed by atoms with Crippen LogP contribution < -0.4 is 0 Å². The number of hydrogen-bond donors (Lipinski definition) is 0. The molecule has 0 N–H and O–H groups in total. The Labute approximate surface area is 118 Å². The van der Waals surface area contributed by atoms with E-state index in [1.165, 1.54) is 5.56 Å². The van der Waals surface area contributed by atoms with Crippen LogP contribution in [0.4, 0.5) is 0 Å². The van der Waals surface area contributed by atoms with E-state index in [-0.39, 0.29) is 0 Å². The van der Waals surface area contributed by atoms with Crippen molar-refractivity contribution < 1.29 is 4.52 Å². The molecule has 4 nitrogen and oxygen atoms in total. The minimum atomic E-state index is 0.291. The summed E-state index contributed by atoms with van der Waals surface area (Å²) in [5.74, 6) is 1.70. The second kappa shape index (κ2) is 6.17. The monoisotopic (exact) mass is 279 g/mol. The zero-order chi connectivity index (χ0) is 13.8. The molecule has 0 aliphatic rings. The maximum Gasteiger partial charge on any atom is 0.240 e. The lowest BCUT2D eigenvalue weighted by Crippen LogP contribution is -2.17. The number of rotatable bonds is 5. The molecule has 0 aliphatic carbocycles. The van der Waals surface area contributed by atoms with Gasteiger partial charge in [-0.1, -0.05) is 42.7 Å². The topological polar surface area (TPSA) is 42.2 Å². The Balaban J connectivity index is 1.93. The fraction of sp³-hybridized carbons (Fsp3) is 0.429. The summed E-state index contributed by atoms with van der Waals surface area (Å²) in [6, 6.07) is 7.83. The lowest BCUT2D eigenvalue weighted by Gasteiger charge is -2.14. The van der Waals surface area contributed by atoms with Gasteiger partial charge in [-0.2, -0.15) is 4.98 Å². The summed E-state index contributed by atoms with van der Waals surface area (Å²) in [5, 5.41) is 4.71. The maximum atomic E-state index is 5.86. The SMILES string of the molecule is CC(C)c1noc(CN(C)Cc2ccc(Cl)cc2)n1. The van der Waals surface area contributed by atoms with Crippen LogP contribution in [0.3, 0.4) is 0 Å². The van der Waals surface area contributed by atoms with Gasteiger partial charge in [-0.25, -0.2) is 0 Å². The van der Waals surface area contributed by atoms with E-state index in [0.29, 0.717) is 18.4 Å². The average molecular weight is 280 g/mol. The molecule has 0 unspecified atom stereocenters. The summed E-state index contributed by atoms with van der Waals surface area (Å²) in [7, 11) is 2.02. The van der Waals surface area contributed by atoms with E-state index < -0.39 is 0 Å². The van der Waals surface area contributed by atoms with Crippen LogP contribution in [-0.4, -0.2) is 22.1 Å². The maximum absolute atomic E-state index is 5.86. The zero-order valence-corrected chi connectivity index (χ0v) is 12.2. The van der Waals surface area contributed by atoms with Crippen LogP contribution in [0.2, 0.25) is 5.02 Å². The molecule has 0 spiro atoms. The van der Waals surface area contributed by atoms with E-state index in [4.69, 9.17) is 16.1 Å². The van der Waals surface area contributed by atoms with Gasteiger partial charge < -0.3 is 4.52 Å². The van der Waals surface area contributed by atoms with Crippen molar-refractivity contribution in [1.82, 2.24) is 15.0 Å². The van der Waals surface area contributed by atoms with Gasteiger partial charge in [0.2, 0.25) is 5.89 Å². The summed E-state index contributed by atoms with van der Waals surface area (Å²) in [6.45, 7) is 5.55. The zero-order valence-electron chi connectivity index (χ0n) is 11.4. The van der Waals surface area contributed by atoms with E-state index in [1.807, 2.05) is 45.2 Å². The first-order valence-corrected chi connectivity index (χ1v) is 6.68. The largest absolute Gasteiger partial charge is 0.338 e. The Bertz CT molecular complexity index is 522. The second-order valence-electron chi connectivity index (χ2n) is 5.00. The van der Waals surface area contributed by atoms with Gasteiger partial charge in [0.05, 0.1) is 6.54 Å².